The maximum absolute atomic E-state index is 12.4. The van der Waals surface area contributed by atoms with Gasteiger partial charge in [0.05, 0.1) is 10.7 Å². The molecule has 1 heterocycles. The fourth-order valence-corrected chi connectivity index (χ4v) is 4.01. The molecule has 24 heavy (non-hydrogen) atoms. The van der Waals surface area contributed by atoms with Crippen LogP contribution in [0.1, 0.15) is 29.9 Å². The third-order valence-corrected chi connectivity index (χ3v) is 5.96. The van der Waals surface area contributed by atoms with Gasteiger partial charge in [-0.2, -0.15) is 4.31 Å². The van der Waals surface area contributed by atoms with Crippen LogP contribution in [0.4, 0.5) is 5.69 Å². The Labute approximate surface area is 146 Å². The van der Waals surface area contributed by atoms with Gasteiger partial charge in [-0.05, 0) is 30.7 Å². The third kappa shape index (κ3) is 3.80. The average molecular weight is 370 g/mol. The van der Waals surface area contributed by atoms with E-state index in [0.717, 1.165) is 5.56 Å². The molecule has 2 rings (SSSR count). The van der Waals surface area contributed by atoms with Crippen molar-refractivity contribution in [1.29, 1.82) is 0 Å². The van der Waals surface area contributed by atoms with E-state index in [2.05, 4.69) is 10.3 Å². The van der Waals surface area contributed by atoms with Crippen molar-refractivity contribution in [1.82, 2.24) is 9.29 Å². The van der Waals surface area contributed by atoms with Crippen molar-refractivity contribution in [2.75, 3.05) is 18.4 Å². The summed E-state index contributed by atoms with van der Waals surface area (Å²) in [6.07, 6.45) is 1.32. The number of aromatic amines is 1. The molecule has 1 aromatic carbocycles. The number of nitrogens with one attached hydrogen (secondary N) is 2. The molecule has 0 bridgehead atoms. The Bertz CT molecular complexity index is 842. The molecule has 0 fully saturated rings. The zero-order valence-electron chi connectivity index (χ0n) is 13.8. The van der Waals surface area contributed by atoms with E-state index in [-0.39, 0.29) is 10.6 Å². The van der Waals surface area contributed by atoms with Crippen molar-refractivity contribution in [3.8, 4) is 0 Å². The second-order valence-electron chi connectivity index (χ2n) is 5.28. The highest BCUT2D eigenvalue weighted by Gasteiger charge is 2.24. The first-order valence-corrected chi connectivity index (χ1v) is 9.37. The molecule has 1 amide bonds. The molecule has 0 aliphatic carbocycles. The molecule has 0 aliphatic heterocycles. The van der Waals surface area contributed by atoms with Crippen LogP contribution in [0.3, 0.4) is 0 Å². The molecule has 6 nitrogen and oxygen atoms in total. The second kappa shape index (κ2) is 7.38. The topological polar surface area (TPSA) is 82.3 Å². The molecule has 2 aromatic rings. The van der Waals surface area contributed by atoms with Gasteiger partial charge in [-0.1, -0.05) is 31.5 Å². The SMILES string of the molecule is CCN(CC)S(=O)(=O)c1c[nH]c(C(=O)Nc2ccc(C)cc2Cl)c1. The number of hydrogen-bond donors (Lipinski definition) is 2. The number of anilines is 1. The smallest absolute Gasteiger partial charge is 0.272 e. The van der Waals surface area contributed by atoms with Crippen molar-refractivity contribution >= 4 is 33.2 Å². The lowest BCUT2D eigenvalue weighted by atomic mass is 10.2. The van der Waals surface area contributed by atoms with Crippen LogP contribution in [0.5, 0.6) is 0 Å². The van der Waals surface area contributed by atoms with Crippen LogP contribution in [-0.4, -0.2) is 36.7 Å². The minimum absolute atomic E-state index is 0.0614. The summed E-state index contributed by atoms with van der Waals surface area (Å²) >= 11 is 6.09. The number of H-pyrrole nitrogens is 1. The van der Waals surface area contributed by atoms with Gasteiger partial charge in [0.2, 0.25) is 10.0 Å². The minimum atomic E-state index is -3.60. The molecule has 2 N–H and O–H groups in total. The first-order chi connectivity index (χ1) is 11.3. The maximum Gasteiger partial charge on any atom is 0.272 e. The lowest BCUT2D eigenvalue weighted by molar-refractivity contribution is 0.102. The van der Waals surface area contributed by atoms with E-state index in [1.807, 2.05) is 13.0 Å². The predicted octanol–water partition coefficient (Wildman–Crippen LogP) is 3.26. The largest absolute Gasteiger partial charge is 0.356 e. The lowest BCUT2D eigenvalue weighted by Gasteiger charge is -2.16. The molecule has 0 unspecified atom stereocenters. The third-order valence-electron chi connectivity index (χ3n) is 3.62. The second-order valence-corrected chi connectivity index (χ2v) is 7.62. The number of carbonyl (C=O) groups excluding carboxylic acids is 1. The lowest BCUT2D eigenvalue weighted by Crippen LogP contribution is -2.30. The van der Waals surface area contributed by atoms with Crippen LogP contribution in [0.15, 0.2) is 35.4 Å². The molecular formula is C16H20ClN3O3S. The normalized spacial score (nSPS) is 11.7. The molecule has 8 heteroatoms. The van der Waals surface area contributed by atoms with E-state index in [4.69, 9.17) is 11.6 Å². The zero-order valence-corrected chi connectivity index (χ0v) is 15.3. The summed E-state index contributed by atoms with van der Waals surface area (Å²) in [6, 6.07) is 6.59. The van der Waals surface area contributed by atoms with Crippen LogP contribution < -0.4 is 5.32 Å². The molecule has 0 radical (unpaired) electrons. The quantitative estimate of drug-likeness (QED) is 0.819. The van der Waals surface area contributed by atoms with Crippen molar-refractivity contribution < 1.29 is 13.2 Å². The van der Waals surface area contributed by atoms with Gasteiger partial charge >= 0.3 is 0 Å². The summed E-state index contributed by atoms with van der Waals surface area (Å²) in [4.78, 5) is 15.1. The zero-order chi connectivity index (χ0) is 17.9. The van der Waals surface area contributed by atoms with Crippen molar-refractivity contribution in [3.63, 3.8) is 0 Å². The number of hydrogen-bond acceptors (Lipinski definition) is 3. The summed E-state index contributed by atoms with van der Waals surface area (Å²) in [6.45, 7) is 6.16. The Morgan fingerprint density at radius 1 is 1.25 bits per heavy atom. The van der Waals surface area contributed by atoms with Crippen molar-refractivity contribution in [2.24, 2.45) is 0 Å². The minimum Gasteiger partial charge on any atom is -0.356 e. The summed E-state index contributed by atoms with van der Waals surface area (Å²) in [7, 11) is -3.60. The molecule has 0 aliphatic rings. The van der Waals surface area contributed by atoms with Gasteiger partial charge in [0.1, 0.15) is 10.6 Å². The number of halogens is 1. The fraction of sp³-hybridized carbons (Fsp3) is 0.312. The van der Waals surface area contributed by atoms with Crippen LogP contribution in [0.2, 0.25) is 5.02 Å². The van der Waals surface area contributed by atoms with Gasteiger partial charge in [-0.3, -0.25) is 4.79 Å². The number of aromatic nitrogens is 1. The van der Waals surface area contributed by atoms with Crippen LogP contribution >= 0.6 is 11.6 Å². The predicted molar refractivity (Wildman–Crippen MR) is 95.0 cm³/mol. The summed E-state index contributed by atoms with van der Waals surface area (Å²) in [5.74, 6) is -0.457. The maximum atomic E-state index is 12.4. The highest BCUT2D eigenvalue weighted by atomic mass is 35.5. The Balaban J connectivity index is 2.22. The first kappa shape index (κ1) is 18.5. The van der Waals surface area contributed by atoms with E-state index >= 15 is 0 Å². The molecule has 0 saturated heterocycles. The van der Waals surface area contributed by atoms with Gasteiger partial charge in [0.25, 0.3) is 5.91 Å². The van der Waals surface area contributed by atoms with E-state index < -0.39 is 15.9 Å². The highest BCUT2D eigenvalue weighted by Crippen LogP contribution is 2.24. The Kier molecular flexibility index (Phi) is 5.69. The van der Waals surface area contributed by atoms with Crippen molar-refractivity contribution in [2.45, 2.75) is 25.7 Å². The van der Waals surface area contributed by atoms with Crippen molar-refractivity contribution in [3.05, 3.63) is 46.7 Å². The monoisotopic (exact) mass is 369 g/mol. The number of benzene rings is 1. The Morgan fingerprint density at radius 2 is 1.92 bits per heavy atom. The van der Waals surface area contributed by atoms with Crippen LogP contribution in [0.25, 0.3) is 0 Å². The van der Waals surface area contributed by atoms with E-state index in [9.17, 15) is 13.2 Å². The van der Waals surface area contributed by atoms with Gasteiger partial charge in [-0.15, -0.1) is 0 Å². The number of amides is 1. The standard InChI is InChI=1S/C16H20ClN3O3S/c1-4-20(5-2)24(22,23)12-9-15(18-10-12)16(21)19-14-7-6-11(3)8-13(14)17/h6-10,18H,4-5H2,1-3H3,(H,19,21). The highest BCUT2D eigenvalue weighted by molar-refractivity contribution is 7.89. The fourth-order valence-electron chi connectivity index (χ4n) is 2.28. The van der Waals surface area contributed by atoms with Crippen LogP contribution in [0, 0.1) is 6.92 Å². The number of nitrogens with zero attached hydrogens (tertiary/aromatic N) is 1. The number of rotatable bonds is 6. The Morgan fingerprint density at radius 3 is 2.50 bits per heavy atom. The molecule has 1 aromatic heterocycles. The molecule has 0 saturated carbocycles. The first-order valence-electron chi connectivity index (χ1n) is 7.55. The summed E-state index contributed by atoms with van der Waals surface area (Å²) in [5, 5.41) is 3.09. The summed E-state index contributed by atoms with van der Waals surface area (Å²) in [5.41, 5.74) is 1.60. The van der Waals surface area contributed by atoms with Gasteiger partial charge < -0.3 is 10.3 Å². The number of sulfonamides is 1. The summed E-state index contributed by atoms with van der Waals surface area (Å²) < 4.78 is 26.2. The van der Waals surface area contributed by atoms with Gasteiger partial charge in [0, 0.05) is 19.3 Å². The van der Waals surface area contributed by atoms with Crippen LogP contribution in [-0.2, 0) is 10.0 Å². The molecule has 0 atom stereocenters. The van der Waals surface area contributed by atoms with E-state index in [1.54, 1.807) is 26.0 Å². The van der Waals surface area contributed by atoms with E-state index in [1.165, 1.54) is 16.6 Å². The molecular weight excluding hydrogens is 350 g/mol. The number of aryl methyl sites for hydroxylation is 1. The molecule has 130 valence electrons. The average Bonchev–Trinajstić information content (AvgIpc) is 3.02. The molecule has 0 spiro atoms. The Hall–Kier alpha value is -1.83. The van der Waals surface area contributed by atoms with Gasteiger partial charge in [-0.25, -0.2) is 8.42 Å². The number of carbonyl (C=O) groups is 1. The van der Waals surface area contributed by atoms with Gasteiger partial charge in [0.15, 0.2) is 0 Å². The van der Waals surface area contributed by atoms with E-state index in [0.29, 0.717) is 23.8 Å².